The van der Waals surface area contributed by atoms with E-state index in [1.807, 2.05) is 47.1 Å². The number of amides is 1. The van der Waals surface area contributed by atoms with E-state index in [0.717, 1.165) is 37.4 Å². The lowest BCUT2D eigenvalue weighted by molar-refractivity contribution is 0.0674. The van der Waals surface area contributed by atoms with Gasteiger partial charge in [-0.15, -0.1) is 0 Å². The van der Waals surface area contributed by atoms with Gasteiger partial charge < -0.3 is 15.0 Å². The molecule has 2 aromatic rings. The number of hydrogen-bond donors (Lipinski definition) is 1. The van der Waals surface area contributed by atoms with Gasteiger partial charge in [-0.3, -0.25) is 9.48 Å². The summed E-state index contributed by atoms with van der Waals surface area (Å²) >= 11 is 0. The third kappa shape index (κ3) is 4.39. The number of likely N-dealkylation sites (tertiary alicyclic amines) is 1. The van der Waals surface area contributed by atoms with E-state index in [1.54, 1.807) is 13.3 Å². The van der Waals surface area contributed by atoms with E-state index in [4.69, 9.17) is 4.74 Å². The Bertz CT molecular complexity index is 694. The zero-order chi connectivity index (χ0) is 17.6. The highest BCUT2D eigenvalue weighted by Crippen LogP contribution is 2.18. The number of hydrogen-bond acceptors (Lipinski definition) is 4. The molecule has 1 aliphatic rings. The molecule has 1 unspecified atom stereocenters. The third-order valence-electron chi connectivity index (χ3n) is 4.68. The first-order chi connectivity index (χ1) is 12.2. The van der Waals surface area contributed by atoms with Crippen molar-refractivity contribution in [1.82, 2.24) is 20.0 Å². The SMILES string of the molecule is CNCC1CCCN(C(=O)c2cnn(Cc3ccc(OC)cc3)c2)C1. The minimum Gasteiger partial charge on any atom is -0.497 e. The summed E-state index contributed by atoms with van der Waals surface area (Å²) in [6.45, 7) is 3.26. The van der Waals surface area contributed by atoms with Crippen LogP contribution in [0.3, 0.4) is 0 Å². The van der Waals surface area contributed by atoms with Crippen molar-refractivity contribution >= 4 is 5.91 Å². The Hall–Kier alpha value is -2.34. The van der Waals surface area contributed by atoms with E-state index in [2.05, 4.69) is 10.4 Å². The van der Waals surface area contributed by atoms with Crippen LogP contribution in [0.25, 0.3) is 0 Å². The van der Waals surface area contributed by atoms with Crippen LogP contribution in [0, 0.1) is 5.92 Å². The maximum atomic E-state index is 12.7. The number of carbonyl (C=O) groups is 1. The van der Waals surface area contributed by atoms with Crippen LogP contribution >= 0.6 is 0 Å². The van der Waals surface area contributed by atoms with Gasteiger partial charge in [-0.2, -0.15) is 5.10 Å². The van der Waals surface area contributed by atoms with Crippen LogP contribution in [0.1, 0.15) is 28.8 Å². The standard InChI is InChI=1S/C19H26N4O2/c1-20-10-16-4-3-9-22(12-16)19(24)17-11-21-23(14-17)13-15-5-7-18(25-2)8-6-15/h5-8,11,14,16,20H,3-4,9-10,12-13H2,1-2H3. The van der Waals surface area contributed by atoms with Gasteiger partial charge in [0.2, 0.25) is 0 Å². The number of methoxy groups -OCH3 is 1. The largest absolute Gasteiger partial charge is 0.497 e. The van der Waals surface area contributed by atoms with Gasteiger partial charge in [-0.1, -0.05) is 12.1 Å². The number of aromatic nitrogens is 2. The van der Waals surface area contributed by atoms with Crippen molar-refractivity contribution in [3.05, 3.63) is 47.8 Å². The van der Waals surface area contributed by atoms with E-state index in [1.165, 1.54) is 6.42 Å². The molecular formula is C19H26N4O2. The summed E-state index contributed by atoms with van der Waals surface area (Å²) in [6, 6.07) is 7.88. The minimum atomic E-state index is 0.0850. The molecule has 1 N–H and O–H groups in total. The van der Waals surface area contributed by atoms with Gasteiger partial charge in [-0.25, -0.2) is 0 Å². The van der Waals surface area contributed by atoms with Crippen LogP contribution in [-0.2, 0) is 6.54 Å². The molecule has 0 bridgehead atoms. The predicted octanol–water partition coefficient (Wildman–Crippen LogP) is 2.01. The molecule has 6 nitrogen and oxygen atoms in total. The Morgan fingerprint density at radius 3 is 2.88 bits per heavy atom. The van der Waals surface area contributed by atoms with Crippen molar-refractivity contribution in [2.45, 2.75) is 19.4 Å². The number of rotatable bonds is 6. The van der Waals surface area contributed by atoms with Gasteiger partial charge in [0.05, 0.1) is 25.4 Å². The van der Waals surface area contributed by atoms with Crippen LogP contribution in [0.2, 0.25) is 0 Å². The van der Waals surface area contributed by atoms with Gasteiger partial charge in [0, 0.05) is 19.3 Å². The second kappa shape index (κ2) is 8.16. The summed E-state index contributed by atoms with van der Waals surface area (Å²) in [5.74, 6) is 1.46. The minimum absolute atomic E-state index is 0.0850. The van der Waals surface area contributed by atoms with Crippen LogP contribution in [0.5, 0.6) is 5.75 Å². The quantitative estimate of drug-likeness (QED) is 0.872. The topological polar surface area (TPSA) is 59.4 Å². The monoisotopic (exact) mass is 342 g/mol. The Kier molecular flexibility index (Phi) is 5.71. The Morgan fingerprint density at radius 2 is 2.16 bits per heavy atom. The molecule has 0 aliphatic carbocycles. The second-order valence-corrected chi connectivity index (χ2v) is 6.59. The molecule has 0 saturated carbocycles. The summed E-state index contributed by atoms with van der Waals surface area (Å²) < 4.78 is 6.98. The lowest BCUT2D eigenvalue weighted by Crippen LogP contribution is -2.42. The summed E-state index contributed by atoms with van der Waals surface area (Å²) in [6.07, 6.45) is 5.77. The first kappa shape index (κ1) is 17.5. The van der Waals surface area contributed by atoms with Crippen molar-refractivity contribution in [2.24, 2.45) is 5.92 Å². The molecular weight excluding hydrogens is 316 g/mol. The van der Waals surface area contributed by atoms with Crippen molar-refractivity contribution in [3.8, 4) is 5.75 Å². The molecule has 3 rings (SSSR count). The Morgan fingerprint density at radius 1 is 1.36 bits per heavy atom. The Labute approximate surface area is 148 Å². The fourth-order valence-corrected chi connectivity index (χ4v) is 3.37. The van der Waals surface area contributed by atoms with Crippen LogP contribution < -0.4 is 10.1 Å². The summed E-state index contributed by atoms with van der Waals surface area (Å²) in [7, 11) is 3.62. The molecule has 134 valence electrons. The van der Waals surface area contributed by atoms with Gasteiger partial charge in [0.1, 0.15) is 5.75 Å². The molecule has 1 aromatic carbocycles. The number of piperidine rings is 1. The molecule has 1 aromatic heterocycles. The smallest absolute Gasteiger partial charge is 0.257 e. The highest BCUT2D eigenvalue weighted by atomic mass is 16.5. The molecule has 0 radical (unpaired) electrons. The summed E-state index contributed by atoms with van der Waals surface area (Å²) in [5, 5.41) is 7.56. The van der Waals surface area contributed by atoms with E-state index >= 15 is 0 Å². The molecule has 0 spiro atoms. The summed E-state index contributed by atoms with van der Waals surface area (Å²) in [4.78, 5) is 14.7. The van der Waals surface area contributed by atoms with Gasteiger partial charge in [0.15, 0.2) is 0 Å². The van der Waals surface area contributed by atoms with Gasteiger partial charge in [-0.05, 0) is 50.0 Å². The van der Waals surface area contributed by atoms with E-state index < -0.39 is 0 Å². The lowest BCUT2D eigenvalue weighted by Gasteiger charge is -2.32. The molecule has 2 heterocycles. The van der Waals surface area contributed by atoms with Crippen molar-refractivity contribution in [1.29, 1.82) is 0 Å². The highest BCUT2D eigenvalue weighted by Gasteiger charge is 2.24. The molecule has 1 saturated heterocycles. The number of nitrogens with one attached hydrogen (secondary N) is 1. The number of ether oxygens (including phenoxy) is 1. The van der Waals surface area contributed by atoms with E-state index in [0.29, 0.717) is 18.0 Å². The summed E-state index contributed by atoms with van der Waals surface area (Å²) in [5.41, 5.74) is 1.79. The molecule has 1 atom stereocenters. The normalized spacial score (nSPS) is 17.5. The van der Waals surface area contributed by atoms with Crippen molar-refractivity contribution in [3.63, 3.8) is 0 Å². The first-order valence-electron chi connectivity index (χ1n) is 8.79. The first-order valence-corrected chi connectivity index (χ1v) is 8.79. The maximum absolute atomic E-state index is 12.7. The zero-order valence-corrected chi connectivity index (χ0v) is 14.9. The van der Waals surface area contributed by atoms with Crippen molar-refractivity contribution in [2.75, 3.05) is 33.8 Å². The predicted molar refractivity (Wildman–Crippen MR) is 96.9 cm³/mol. The fraction of sp³-hybridized carbons (Fsp3) is 0.474. The Balaban J connectivity index is 1.62. The number of nitrogens with zero attached hydrogens (tertiary/aromatic N) is 3. The van der Waals surface area contributed by atoms with Crippen LogP contribution in [0.4, 0.5) is 0 Å². The third-order valence-corrected chi connectivity index (χ3v) is 4.68. The average Bonchev–Trinajstić information content (AvgIpc) is 3.11. The van der Waals surface area contributed by atoms with Crippen LogP contribution in [-0.4, -0.2) is 54.4 Å². The van der Waals surface area contributed by atoms with Crippen molar-refractivity contribution < 1.29 is 9.53 Å². The number of benzene rings is 1. The van der Waals surface area contributed by atoms with Crippen LogP contribution in [0.15, 0.2) is 36.7 Å². The maximum Gasteiger partial charge on any atom is 0.257 e. The fourth-order valence-electron chi connectivity index (χ4n) is 3.37. The van der Waals surface area contributed by atoms with E-state index in [9.17, 15) is 4.79 Å². The number of carbonyl (C=O) groups excluding carboxylic acids is 1. The molecule has 1 aliphatic heterocycles. The van der Waals surface area contributed by atoms with Gasteiger partial charge >= 0.3 is 0 Å². The van der Waals surface area contributed by atoms with Gasteiger partial charge in [0.25, 0.3) is 5.91 Å². The zero-order valence-electron chi connectivity index (χ0n) is 14.9. The second-order valence-electron chi connectivity index (χ2n) is 6.59. The lowest BCUT2D eigenvalue weighted by atomic mass is 9.97. The van der Waals surface area contributed by atoms with E-state index in [-0.39, 0.29) is 5.91 Å². The average molecular weight is 342 g/mol. The molecule has 25 heavy (non-hydrogen) atoms. The molecule has 1 amide bonds. The molecule has 1 fully saturated rings. The highest BCUT2D eigenvalue weighted by molar-refractivity contribution is 5.93. The molecule has 6 heteroatoms.